The summed E-state index contributed by atoms with van der Waals surface area (Å²) >= 11 is 0. The van der Waals surface area contributed by atoms with Crippen molar-refractivity contribution in [1.29, 1.82) is 0 Å². The molecule has 2 N–H and O–H groups in total. The number of phenolic OH excluding ortho intramolecular Hbond substituents is 1. The molecule has 0 heterocycles. The maximum atomic E-state index is 13.0. The van der Waals surface area contributed by atoms with Crippen LogP contribution in [0.4, 0.5) is 0 Å². The fourth-order valence-electron chi connectivity index (χ4n) is 3.82. The predicted octanol–water partition coefficient (Wildman–Crippen LogP) is 2.83. The van der Waals surface area contributed by atoms with Gasteiger partial charge in [0.25, 0.3) is 0 Å². The quantitative estimate of drug-likeness (QED) is 0.515. The molecule has 166 valence electrons. The van der Waals surface area contributed by atoms with Crippen molar-refractivity contribution < 1.29 is 34.1 Å². The number of ether oxygens (including phenoxy) is 2. The molecular weight excluding hydrogens is 388 g/mol. The molecule has 0 saturated heterocycles. The molecule has 4 atom stereocenters. The topological polar surface area (TPSA) is 110 Å². The van der Waals surface area contributed by atoms with Gasteiger partial charge in [0, 0.05) is 12.3 Å². The number of hydrogen-bond acceptors (Lipinski definition) is 7. The van der Waals surface area contributed by atoms with E-state index in [4.69, 9.17) is 9.47 Å². The molecule has 0 unspecified atom stereocenters. The van der Waals surface area contributed by atoms with Gasteiger partial charge < -0.3 is 19.7 Å². The minimum atomic E-state index is -1.71. The van der Waals surface area contributed by atoms with Crippen LogP contribution in [0.3, 0.4) is 0 Å². The van der Waals surface area contributed by atoms with Gasteiger partial charge in [0.15, 0.2) is 5.78 Å². The maximum Gasteiger partial charge on any atom is 0.317 e. The molecule has 0 aromatic heterocycles. The number of phenols is 1. The fraction of sp³-hybridized carbons (Fsp3) is 0.609. The van der Waals surface area contributed by atoms with Crippen molar-refractivity contribution in [3.8, 4) is 5.75 Å². The first-order chi connectivity index (χ1) is 13.9. The molecule has 0 aliphatic heterocycles. The lowest BCUT2D eigenvalue weighted by molar-refractivity contribution is -0.174. The molecule has 0 bridgehead atoms. The van der Waals surface area contributed by atoms with E-state index in [0.29, 0.717) is 5.56 Å². The second-order valence-corrected chi connectivity index (χ2v) is 9.12. The lowest BCUT2D eigenvalue weighted by Gasteiger charge is -2.43. The van der Waals surface area contributed by atoms with Gasteiger partial charge in [-0.25, -0.2) is 0 Å². The highest BCUT2D eigenvalue weighted by Crippen LogP contribution is 2.47. The van der Waals surface area contributed by atoms with Crippen molar-refractivity contribution in [1.82, 2.24) is 0 Å². The van der Waals surface area contributed by atoms with Gasteiger partial charge in [-0.2, -0.15) is 0 Å². The lowest BCUT2D eigenvalue weighted by Crippen LogP contribution is -2.55. The summed E-state index contributed by atoms with van der Waals surface area (Å²) in [5, 5.41) is 21.0. The van der Waals surface area contributed by atoms with E-state index in [1.807, 2.05) is 27.7 Å². The van der Waals surface area contributed by atoms with Gasteiger partial charge in [0.05, 0.1) is 24.7 Å². The summed E-state index contributed by atoms with van der Waals surface area (Å²) in [7, 11) is 0. The predicted molar refractivity (Wildman–Crippen MR) is 110 cm³/mol. The number of Topliss-reactive ketones (excluding diaryl/α,β-unsaturated/α-hetero) is 1. The molecular formula is C23H32O7. The van der Waals surface area contributed by atoms with Gasteiger partial charge >= 0.3 is 11.9 Å². The normalized spacial score (nSPS) is 26.7. The molecule has 1 aliphatic rings. The van der Waals surface area contributed by atoms with E-state index in [-0.39, 0.29) is 37.2 Å². The zero-order chi connectivity index (χ0) is 22.6. The Balaban J connectivity index is 2.53. The van der Waals surface area contributed by atoms with Crippen molar-refractivity contribution in [2.24, 2.45) is 23.7 Å². The Morgan fingerprint density at radius 1 is 1.10 bits per heavy atom. The van der Waals surface area contributed by atoms with Crippen LogP contribution in [0.5, 0.6) is 5.75 Å². The Bertz CT molecular complexity index is 782. The number of rotatable bonds is 7. The molecule has 30 heavy (non-hydrogen) atoms. The van der Waals surface area contributed by atoms with Gasteiger partial charge in [0.2, 0.25) is 0 Å². The van der Waals surface area contributed by atoms with Crippen molar-refractivity contribution in [2.75, 3.05) is 13.2 Å². The van der Waals surface area contributed by atoms with Crippen LogP contribution in [0.1, 0.15) is 52.5 Å². The molecule has 7 heteroatoms. The zero-order valence-electron chi connectivity index (χ0n) is 18.3. The number of carbonyl (C=O) groups excluding carboxylic acids is 3. The van der Waals surface area contributed by atoms with Crippen molar-refractivity contribution in [3.63, 3.8) is 0 Å². The standard InChI is InChI=1S/C23H32O7/c1-13(2)11-29-21(26)19-17(25)10-23(5,28)20(22(27)30-12-14(3)4)18(19)15-7-6-8-16(24)9-15/h6-9,13-14,18-20,24,28H,10-12H2,1-5H3/t18-,19-,20+,23+/m1/s1. The minimum Gasteiger partial charge on any atom is -0.508 e. The Morgan fingerprint density at radius 2 is 1.67 bits per heavy atom. The number of carbonyl (C=O) groups is 3. The third-order valence-electron chi connectivity index (χ3n) is 5.15. The summed E-state index contributed by atoms with van der Waals surface area (Å²) in [6.07, 6.45) is -0.370. The van der Waals surface area contributed by atoms with Crippen LogP contribution in [0, 0.1) is 23.7 Å². The molecule has 1 aliphatic carbocycles. The van der Waals surface area contributed by atoms with Gasteiger partial charge in [-0.05, 0) is 36.5 Å². The summed E-state index contributed by atoms with van der Waals surface area (Å²) in [4.78, 5) is 38.8. The number of aromatic hydroxyl groups is 1. The molecule has 2 rings (SSSR count). The smallest absolute Gasteiger partial charge is 0.317 e. The summed E-state index contributed by atoms with van der Waals surface area (Å²) < 4.78 is 10.7. The van der Waals surface area contributed by atoms with Crippen LogP contribution in [-0.2, 0) is 23.9 Å². The summed E-state index contributed by atoms with van der Waals surface area (Å²) in [6.45, 7) is 9.20. The number of benzene rings is 1. The van der Waals surface area contributed by atoms with E-state index >= 15 is 0 Å². The summed E-state index contributed by atoms with van der Waals surface area (Å²) in [5.74, 6) is -5.32. The molecule has 1 aromatic carbocycles. The highest BCUT2D eigenvalue weighted by Gasteiger charge is 2.57. The van der Waals surface area contributed by atoms with Crippen molar-refractivity contribution >= 4 is 17.7 Å². The van der Waals surface area contributed by atoms with Crippen LogP contribution in [0.2, 0.25) is 0 Å². The second-order valence-electron chi connectivity index (χ2n) is 9.12. The van der Waals surface area contributed by atoms with Gasteiger partial charge in [-0.1, -0.05) is 39.8 Å². The van der Waals surface area contributed by atoms with Crippen molar-refractivity contribution in [3.05, 3.63) is 29.8 Å². The first-order valence-corrected chi connectivity index (χ1v) is 10.3. The highest BCUT2D eigenvalue weighted by atomic mass is 16.5. The summed E-state index contributed by atoms with van der Waals surface area (Å²) in [5.41, 5.74) is -1.32. The van der Waals surface area contributed by atoms with Crippen LogP contribution in [-0.4, -0.2) is 46.7 Å². The second kappa shape index (κ2) is 9.60. The first-order valence-electron chi connectivity index (χ1n) is 10.3. The van der Waals surface area contributed by atoms with E-state index in [1.165, 1.54) is 19.1 Å². The molecule has 1 aromatic rings. The average molecular weight is 421 g/mol. The monoisotopic (exact) mass is 420 g/mol. The Morgan fingerprint density at radius 3 is 2.20 bits per heavy atom. The minimum absolute atomic E-state index is 0.0711. The van der Waals surface area contributed by atoms with Crippen molar-refractivity contribution in [2.45, 2.75) is 52.6 Å². The molecule has 1 saturated carbocycles. The summed E-state index contributed by atoms with van der Waals surface area (Å²) in [6, 6.07) is 6.02. The van der Waals surface area contributed by atoms with E-state index in [9.17, 15) is 24.6 Å². The maximum absolute atomic E-state index is 13.0. The van der Waals surface area contributed by atoms with Gasteiger partial charge in [-0.15, -0.1) is 0 Å². The van der Waals surface area contributed by atoms with E-state index in [0.717, 1.165) is 0 Å². The Labute approximate surface area is 177 Å². The molecule has 7 nitrogen and oxygen atoms in total. The Hall–Kier alpha value is -2.41. The highest BCUT2D eigenvalue weighted by molar-refractivity contribution is 6.02. The Kier molecular flexibility index (Phi) is 7.64. The van der Waals surface area contributed by atoms with Gasteiger partial charge in [-0.3, -0.25) is 14.4 Å². The largest absolute Gasteiger partial charge is 0.508 e. The fourth-order valence-corrected chi connectivity index (χ4v) is 3.82. The number of hydrogen-bond donors (Lipinski definition) is 2. The first kappa shape index (κ1) is 23.9. The van der Waals surface area contributed by atoms with E-state index < -0.39 is 41.1 Å². The number of esters is 2. The van der Waals surface area contributed by atoms with Crippen LogP contribution < -0.4 is 0 Å². The third kappa shape index (κ3) is 5.59. The molecule has 0 radical (unpaired) electrons. The number of ketones is 1. The molecule has 1 fully saturated rings. The zero-order valence-corrected chi connectivity index (χ0v) is 18.3. The van der Waals surface area contributed by atoms with Crippen LogP contribution >= 0.6 is 0 Å². The van der Waals surface area contributed by atoms with E-state index in [2.05, 4.69) is 0 Å². The van der Waals surface area contributed by atoms with E-state index in [1.54, 1.807) is 12.1 Å². The van der Waals surface area contributed by atoms with Crippen LogP contribution in [0.25, 0.3) is 0 Å². The number of aliphatic hydroxyl groups is 1. The lowest BCUT2D eigenvalue weighted by atomic mass is 9.61. The van der Waals surface area contributed by atoms with Gasteiger partial charge in [0.1, 0.15) is 11.7 Å². The SMILES string of the molecule is CC(C)COC(=O)[C@@H]1C(=O)C[C@](C)(O)[C@H](C(=O)OCC(C)C)[C@@H]1c1cccc(O)c1. The third-order valence-corrected chi connectivity index (χ3v) is 5.15. The molecule has 0 spiro atoms. The average Bonchev–Trinajstić information content (AvgIpc) is 2.62. The molecule has 0 amide bonds. The van der Waals surface area contributed by atoms with Crippen LogP contribution in [0.15, 0.2) is 24.3 Å².